The van der Waals surface area contributed by atoms with E-state index in [0.29, 0.717) is 31.8 Å². The summed E-state index contributed by atoms with van der Waals surface area (Å²) >= 11 is 6.15. The van der Waals surface area contributed by atoms with Gasteiger partial charge in [0.25, 0.3) is 5.91 Å². The summed E-state index contributed by atoms with van der Waals surface area (Å²) in [4.78, 5) is 27.7. The summed E-state index contributed by atoms with van der Waals surface area (Å²) in [5, 5.41) is 23.2. The molecular formula is C25H31ClF2N6O4. The lowest BCUT2D eigenvalue weighted by atomic mass is 9.94. The molecule has 0 spiro atoms. The zero-order chi connectivity index (χ0) is 28.0. The number of rotatable bonds is 10. The van der Waals surface area contributed by atoms with Crippen LogP contribution in [0.5, 0.6) is 5.75 Å². The number of ether oxygens (including phenoxy) is 1. The van der Waals surface area contributed by atoms with Crippen LogP contribution in [0.3, 0.4) is 0 Å². The SMILES string of the molecule is C=CC(C(=O)Nc1cn(CC(=O)N2CCC(C)(O)CC2)nc1-c1cc(Cl)ccc1OC(F)F)=C(NC)NC. The fraction of sp³-hybridized carbons (Fsp3) is 0.400. The van der Waals surface area contributed by atoms with Gasteiger partial charge in [0.2, 0.25) is 5.91 Å². The number of amides is 2. The van der Waals surface area contributed by atoms with Gasteiger partial charge in [0, 0.05) is 44.0 Å². The van der Waals surface area contributed by atoms with Crippen molar-refractivity contribution < 1.29 is 28.2 Å². The normalized spacial score (nSPS) is 14.6. The van der Waals surface area contributed by atoms with Crippen LogP contribution in [0.4, 0.5) is 14.5 Å². The zero-order valence-electron chi connectivity index (χ0n) is 21.4. The van der Waals surface area contributed by atoms with Crippen LogP contribution in [-0.4, -0.2) is 71.0 Å². The zero-order valence-corrected chi connectivity index (χ0v) is 22.1. The summed E-state index contributed by atoms with van der Waals surface area (Å²) < 4.78 is 32.2. The summed E-state index contributed by atoms with van der Waals surface area (Å²) in [6, 6.07) is 4.04. The number of anilines is 1. The molecule has 2 amide bonds. The Kier molecular flexibility index (Phi) is 9.34. The molecule has 0 atom stereocenters. The number of likely N-dealkylation sites (tertiary alicyclic amines) is 1. The summed E-state index contributed by atoms with van der Waals surface area (Å²) in [5.41, 5.74) is -0.335. The van der Waals surface area contributed by atoms with Crippen LogP contribution in [-0.2, 0) is 16.1 Å². The lowest BCUT2D eigenvalue weighted by molar-refractivity contribution is -0.135. The average molecular weight is 553 g/mol. The number of halogens is 3. The Morgan fingerprint density at radius 1 is 1.29 bits per heavy atom. The van der Waals surface area contributed by atoms with Gasteiger partial charge < -0.3 is 30.7 Å². The second-order valence-corrected chi connectivity index (χ2v) is 9.37. The Bertz CT molecular complexity index is 1210. The van der Waals surface area contributed by atoms with Crippen molar-refractivity contribution in [3.05, 3.63) is 53.5 Å². The van der Waals surface area contributed by atoms with Crippen molar-refractivity contribution in [3.63, 3.8) is 0 Å². The Morgan fingerprint density at radius 3 is 2.53 bits per heavy atom. The highest BCUT2D eigenvalue weighted by molar-refractivity contribution is 6.31. The topological polar surface area (TPSA) is 121 Å². The lowest BCUT2D eigenvalue weighted by Crippen LogP contribution is -2.46. The van der Waals surface area contributed by atoms with E-state index in [-0.39, 0.29) is 45.7 Å². The monoisotopic (exact) mass is 552 g/mol. The minimum absolute atomic E-state index is 0.0738. The maximum atomic E-state index is 13.1. The number of carbonyl (C=O) groups is 2. The second kappa shape index (κ2) is 12.3. The van der Waals surface area contributed by atoms with Gasteiger partial charge in [0.15, 0.2) is 0 Å². The highest BCUT2D eigenvalue weighted by Crippen LogP contribution is 2.37. The second-order valence-electron chi connectivity index (χ2n) is 8.93. The van der Waals surface area contributed by atoms with E-state index in [1.165, 1.54) is 35.2 Å². The van der Waals surface area contributed by atoms with Gasteiger partial charge in [-0.1, -0.05) is 24.3 Å². The van der Waals surface area contributed by atoms with Crippen LogP contribution < -0.4 is 20.7 Å². The van der Waals surface area contributed by atoms with Crippen molar-refractivity contribution in [1.29, 1.82) is 0 Å². The number of hydrogen-bond acceptors (Lipinski definition) is 7. The number of alkyl halides is 2. The molecule has 3 rings (SSSR count). The van der Waals surface area contributed by atoms with E-state index in [1.54, 1.807) is 25.9 Å². The first kappa shape index (κ1) is 28.9. The number of aromatic nitrogens is 2. The van der Waals surface area contributed by atoms with Gasteiger partial charge in [-0.05, 0) is 38.0 Å². The average Bonchev–Trinajstić information content (AvgIpc) is 3.24. The quantitative estimate of drug-likeness (QED) is 0.264. The summed E-state index contributed by atoms with van der Waals surface area (Å²) in [7, 11) is 3.25. The molecule has 0 bridgehead atoms. The summed E-state index contributed by atoms with van der Waals surface area (Å²) in [5.74, 6) is -0.628. The molecule has 1 aliphatic heterocycles. The molecule has 38 heavy (non-hydrogen) atoms. The number of carbonyl (C=O) groups excluding carboxylic acids is 2. The maximum absolute atomic E-state index is 13.1. The van der Waals surface area contributed by atoms with Crippen molar-refractivity contribution in [2.24, 2.45) is 0 Å². The number of piperidine rings is 1. The fourth-order valence-electron chi connectivity index (χ4n) is 4.05. The molecule has 13 heteroatoms. The molecule has 4 N–H and O–H groups in total. The van der Waals surface area contributed by atoms with E-state index in [4.69, 9.17) is 11.6 Å². The lowest BCUT2D eigenvalue weighted by Gasteiger charge is -2.35. The van der Waals surface area contributed by atoms with Gasteiger partial charge in [-0.25, -0.2) is 0 Å². The molecule has 10 nitrogen and oxygen atoms in total. The molecule has 1 fully saturated rings. The van der Waals surface area contributed by atoms with Crippen LogP contribution in [0.15, 0.2) is 48.4 Å². The number of benzene rings is 1. The number of nitrogens with one attached hydrogen (secondary N) is 3. The largest absolute Gasteiger partial charge is 0.434 e. The Labute approximate surface area is 224 Å². The first-order valence-electron chi connectivity index (χ1n) is 11.8. The minimum atomic E-state index is -3.11. The molecule has 0 aliphatic carbocycles. The van der Waals surface area contributed by atoms with Gasteiger partial charge in [-0.15, -0.1) is 0 Å². The van der Waals surface area contributed by atoms with E-state index in [1.807, 2.05) is 0 Å². The van der Waals surface area contributed by atoms with Crippen molar-refractivity contribution in [1.82, 2.24) is 25.3 Å². The molecule has 1 aromatic carbocycles. The van der Waals surface area contributed by atoms with Crippen LogP contribution >= 0.6 is 11.6 Å². The van der Waals surface area contributed by atoms with Gasteiger partial charge in [-0.2, -0.15) is 13.9 Å². The van der Waals surface area contributed by atoms with Gasteiger partial charge in [0.05, 0.1) is 16.9 Å². The van der Waals surface area contributed by atoms with E-state index < -0.39 is 18.1 Å². The highest BCUT2D eigenvalue weighted by Gasteiger charge is 2.30. The first-order valence-corrected chi connectivity index (χ1v) is 12.2. The van der Waals surface area contributed by atoms with E-state index in [2.05, 4.69) is 32.4 Å². The van der Waals surface area contributed by atoms with Gasteiger partial charge in [0.1, 0.15) is 23.8 Å². The molecule has 0 saturated carbocycles. The van der Waals surface area contributed by atoms with E-state index in [9.17, 15) is 23.5 Å². The summed E-state index contributed by atoms with van der Waals surface area (Å²) in [6.45, 7) is 2.88. The molecular weight excluding hydrogens is 522 g/mol. The van der Waals surface area contributed by atoms with Gasteiger partial charge in [-0.3, -0.25) is 14.3 Å². The molecule has 1 aliphatic rings. The third kappa shape index (κ3) is 7.01. The number of nitrogens with zero attached hydrogens (tertiary/aromatic N) is 3. The predicted molar refractivity (Wildman–Crippen MR) is 140 cm³/mol. The number of hydrogen-bond donors (Lipinski definition) is 4. The molecule has 2 heterocycles. The van der Waals surface area contributed by atoms with Crippen LogP contribution in [0, 0.1) is 0 Å². The van der Waals surface area contributed by atoms with Crippen LogP contribution in [0.2, 0.25) is 5.02 Å². The van der Waals surface area contributed by atoms with Crippen LogP contribution in [0.1, 0.15) is 19.8 Å². The van der Waals surface area contributed by atoms with Crippen molar-refractivity contribution in [2.75, 3.05) is 32.5 Å². The molecule has 1 aromatic heterocycles. The maximum Gasteiger partial charge on any atom is 0.387 e. The predicted octanol–water partition coefficient (Wildman–Crippen LogP) is 2.95. The molecule has 2 aromatic rings. The standard InChI is InChI=1S/C25H31ClF2N6O4/c1-5-16(22(29-3)30-4)23(36)31-18-13-34(14-20(35)33-10-8-25(2,37)9-11-33)32-21(18)17-12-15(26)6-7-19(17)38-24(27)28/h5-7,12-13,24,29-30,37H,1,8-11,14H2,2-4H3,(H,31,36). The van der Waals surface area contributed by atoms with Gasteiger partial charge >= 0.3 is 6.61 Å². The Morgan fingerprint density at radius 2 is 1.95 bits per heavy atom. The molecule has 206 valence electrons. The Balaban J connectivity index is 2.01. The summed E-state index contributed by atoms with van der Waals surface area (Å²) in [6.07, 6.45) is 3.66. The van der Waals surface area contributed by atoms with Crippen molar-refractivity contribution >= 4 is 29.1 Å². The van der Waals surface area contributed by atoms with Crippen molar-refractivity contribution in [2.45, 2.75) is 38.5 Å². The fourth-order valence-corrected chi connectivity index (χ4v) is 4.22. The number of aliphatic hydroxyl groups is 1. The van der Waals surface area contributed by atoms with E-state index in [0.717, 1.165) is 0 Å². The Hall–Kier alpha value is -3.64. The smallest absolute Gasteiger partial charge is 0.387 e. The molecule has 1 saturated heterocycles. The molecule has 0 unspecified atom stereocenters. The third-order valence-corrected chi connectivity index (χ3v) is 6.37. The highest BCUT2D eigenvalue weighted by atomic mass is 35.5. The minimum Gasteiger partial charge on any atom is -0.434 e. The molecule has 0 radical (unpaired) electrons. The first-order chi connectivity index (χ1) is 18.0. The van der Waals surface area contributed by atoms with Crippen LogP contribution in [0.25, 0.3) is 11.3 Å². The van der Waals surface area contributed by atoms with Crippen molar-refractivity contribution in [3.8, 4) is 17.0 Å². The third-order valence-electron chi connectivity index (χ3n) is 6.13. The van der Waals surface area contributed by atoms with E-state index >= 15 is 0 Å².